The largest absolute Gasteiger partial charge is 0.395 e. The van der Waals surface area contributed by atoms with Gasteiger partial charge in [-0.1, -0.05) is 18.2 Å². The molecule has 3 aromatic rings. The number of amides is 2. The number of aliphatic hydroxyl groups is 1. The van der Waals surface area contributed by atoms with E-state index in [0.717, 1.165) is 46.2 Å². The van der Waals surface area contributed by atoms with Crippen molar-refractivity contribution in [2.24, 2.45) is 13.0 Å². The van der Waals surface area contributed by atoms with Gasteiger partial charge in [0.2, 0.25) is 0 Å². The third-order valence-electron chi connectivity index (χ3n) is 6.01. The Balaban J connectivity index is 1.42. The molecule has 1 saturated carbocycles. The molecule has 164 valence electrons. The van der Waals surface area contributed by atoms with Crippen LogP contribution < -0.4 is 10.6 Å². The van der Waals surface area contributed by atoms with E-state index in [1.54, 1.807) is 24.1 Å². The summed E-state index contributed by atoms with van der Waals surface area (Å²) in [4.78, 5) is 25.8. The summed E-state index contributed by atoms with van der Waals surface area (Å²) in [6.07, 6.45) is 7.32. The van der Waals surface area contributed by atoms with Gasteiger partial charge in [-0.2, -0.15) is 5.10 Å². The van der Waals surface area contributed by atoms with Crippen LogP contribution in [-0.4, -0.2) is 46.4 Å². The normalized spacial score (nSPS) is 18.8. The highest BCUT2D eigenvalue weighted by atomic mass is 32.1. The lowest BCUT2D eigenvalue weighted by Crippen LogP contribution is -2.31. The van der Waals surface area contributed by atoms with Gasteiger partial charge in [0.1, 0.15) is 0 Å². The average molecular weight is 441 g/mol. The lowest BCUT2D eigenvalue weighted by Gasteiger charge is -2.29. The smallest absolute Gasteiger partial charge is 0.261 e. The van der Waals surface area contributed by atoms with Gasteiger partial charge >= 0.3 is 0 Å². The van der Waals surface area contributed by atoms with Gasteiger partial charge in [-0.3, -0.25) is 14.3 Å². The number of aliphatic hydroxyl groups excluding tert-OH is 1. The highest BCUT2D eigenvalue weighted by molar-refractivity contribution is 7.21. The minimum atomic E-state index is -0.101. The van der Waals surface area contributed by atoms with E-state index in [9.17, 15) is 9.59 Å². The molecule has 3 N–H and O–H groups in total. The van der Waals surface area contributed by atoms with Crippen molar-refractivity contribution in [1.82, 2.24) is 20.4 Å². The van der Waals surface area contributed by atoms with Gasteiger partial charge in [0.05, 0.1) is 23.2 Å². The lowest BCUT2D eigenvalue weighted by atomic mass is 9.77. The Morgan fingerprint density at radius 3 is 2.65 bits per heavy atom. The second-order valence-corrected chi connectivity index (χ2v) is 9.20. The van der Waals surface area contributed by atoms with Crippen molar-refractivity contribution in [2.45, 2.75) is 31.6 Å². The molecule has 8 heteroatoms. The first-order chi connectivity index (χ1) is 15.1. The van der Waals surface area contributed by atoms with Gasteiger partial charge in [-0.25, -0.2) is 0 Å². The maximum Gasteiger partial charge on any atom is 0.261 e. The zero-order valence-electron chi connectivity index (χ0n) is 17.6. The zero-order valence-corrected chi connectivity index (χ0v) is 18.5. The van der Waals surface area contributed by atoms with Crippen LogP contribution in [-0.2, 0) is 7.05 Å². The summed E-state index contributed by atoms with van der Waals surface area (Å²) in [5, 5.41) is 20.1. The first-order valence-corrected chi connectivity index (χ1v) is 11.6. The van der Waals surface area contributed by atoms with Crippen molar-refractivity contribution in [1.29, 1.82) is 0 Å². The monoisotopic (exact) mass is 440 g/mol. The molecular formula is C23H28N4O3S. The van der Waals surface area contributed by atoms with E-state index in [0.29, 0.717) is 23.9 Å². The Bertz CT molecular complexity index is 1070. The predicted octanol–water partition coefficient (Wildman–Crippen LogP) is 3.06. The topological polar surface area (TPSA) is 96.2 Å². The minimum Gasteiger partial charge on any atom is -0.395 e. The van der Waals surface area contributed by atoms with E-state index in [1.165, 1.54) is 11.3 Å². The molecule has 4 rings (SSSR count). The molecule has 2 amide bonds. The van der Waals surface area contributed by atoms with E-state index in [-0.39, 0.29) is 25.0 Å². The van der Waals surface area contributed by atoms with Gasteiger partial charge in [-0.15, -0.1) is 11.3 Å². The lowest BCUT2D eigenvalue weighted by molar-refractivity contribution is 0.0934. The van der Waals surface area contributed by atoms with Crippen molar-refractivity contribution in [3.05, 3.63) is 52.7 Å². The Morgan fingerprint density at radius 2 is 1.94 bits per heavy atom. The fourth-order valence-corrected chi connectivity index (χ4v) is 5.63. The van der Waals surface area contributed by atoms with Crippen molar-refractivity contribution < 1.29 is 14.7 Å². The summed E-state index contributed by atoms with van der Waals surface area (Å²) in [6.45, 7) is 0.854. The van der Waals surface area contributed by atoms with Crippen molar-refractivity contribution in [3.63, 3.8) is 0 Å². The van der Waals surface area contributed by atoms with E-state index in [1.807, 2.05) is 12.1 Å². The number of nitrogens with zero attached hydrogens (tertiary/aromatic N) is 2. The fraction of sp³-hybridized carbons (Fsp3) is 0.435. The average Bonchev–Trinajstić information content (AvgIpc) is 3.40. The third kappa shape index (κ3) is 4.80. The molecule has 0 aliphatic heterocycles. The fourth-order valence-electron chi connectivity index (χ4n) is 4.42. The maximum atomic E-state index is 12.7. The second kappa shape index (κ2) is 9.62. The van der Waals surface area contributed by atoms with Crippen molar-refractivity contribution in [3.8, 4) is 0 Å². The highest BCUT2D eigenvalue weighted by Gasteiger charge is 2.29. The molecule has 1 aliphatic rings. The number of aromatic nitrogens is 2. The van der Waals surface area contributed by atoms with Crippen molar-refractivity contribution >= 4 is 33.2 Å². The first kappa shape index (κ1) is 21.5. The molecule has 1 fully saturated rings. The van der Waals surface area contributed by atoms with Crippen LogP contribution in [0.25, 0.3) is 10.1 Å². The van der Waals surface area contributed by atoms with Gasteiger partial charge in [0.15, 0.2) is 0 Å². The molecule has 0 unspecified atom stereocenters. The van der Waals surface area contributed by atoms with Crippen LogP contribution in [0, 0.1) is 5.92 Å². The molecule has 0 atom stereocenters. The molecule has 0 bridgehead atoms. The number of fused-ring (bicyclic) bond motifs is 1. The van der Waals surface area contributed by atoms with Gasteiger partial charge < -0.3 is 15.7 Å². The zero-order chi connectivity index (χ0) is 21.8. The minimum absolute atomic E-state index is 0.0676. The summed E-state index contributed by atoms with van der Waals surface area (Å²) < 4.78 is 2.75. The molecule has 0 saturated heterocycles. The number of hydrogen-bond donors (Lipinski definition) is 3. The molecule has 2 aromatic heterocycles. The SMILES string of the molecule is Cn1cc(C(=O)NCC2CCC(c3c(C(=O)NCCO)sc4ccccc34)CC2)cn1. The quantitative estimate of drug-likeness (QED) is 0.526. The second-order valence-electron chi connectivity index (χ2n) is 8.15. The molecule has 2 heterocycles. The number of rotatable bonds is 7. The third-order valence-corrected chi connectivity index (χ3v) is 7.20. The van der Waals surface area contributed by atoms with E-state index in [4.69, 9.17) is 5.11 Å². The van der Waals surface area contributed by atoms with Crippen LogP contribution >= 0.6 is 11.3 Å². The van der Waals surface area contributed by atoms with Crippen LogP contribution in [0.3, 0.4) is 0 Å². The number of hydrogen-bond acceptors (Lipinski definition) is 5. The van der Waals surface area contributed by atoms with Crippen LogP contribution in [0.2, 0.25) is 0 Å². The van der Waals surface area contributed by atoms with Gasteiger partial charge in [0.25, 0.3) is 11.8 Å². The standard InChI is InChI=1S/C23H28N4O3S/c1-27-14-17(13-26-27)22(29)25-12-15-6-8-16(9-7-15)20-18-4-2-3-5-19(18)31-21(20)23(30)24-10-11-28/h2-5,13-16,28H,6-12H2,1H3,(H,24,30)(H,25,29). The van der Waals surface area contributed by atoms with Gasteiger partial charge in [-0.05, 0) is 54.5 Å². The Labute approximate surface area is 185 Å². The first-order valence-electron chi connectivity index (χ1n) is 10.7. The molecule has 1 aliphatic carbocycles. The molecular weight excluding hydrogens is 412 g/mol. The summed E-state index contributed by atoms with van der Waals surface area (Å²) in [7, 11) is 1.80. The number of carbonyl (C=O) groups is 2. The summed E-state index contributed by atoms with van der Waals surface area (Å²) >= 11 is 1.53. The number of nitrogens with one attached hydrogen (secondary N) is 2. The maximum absolute atomic E-state index is 12.7. The highest BCUT2D eigenvalue weighted by Crippen LogP contribution is 2.43. The summed E-state index contributed by atoms with van der Waals surface area (Å²) in [5.74, 6) is 0.586. The number of aryl methyl sites for hydroxylation is 1. The molecule has 7 nitrogen and oxygen atoms in total. The van der Waals surface area contributed by atoms with Gasteiger partial charge in [0, 0.05) is 31.0 Å². The number of thiophene rings is 1. The van der Waals surface area contributed by atoms with Crippen LogP contribution in [0.15, 0.2) is 36.7 Å². The van der Waals surface area contributed by atoms with E-state index in [2.05, 4.69) is 27.9 Å². The van der Waals surface area contributed by atoms with E-state index < -0.39 is 0 Å². The Morgan fingerprint density at radius 1 is 1.16 bits per heavy atom. The summed E-state index contributed by atoms with van der Waals surface area (Å²) in [6, 6.07) is 8.18. The van der Waals surface area contributed by atoms with Crippen LogP contribution in [0.4, 0.5) is 0 Å². The number of carbonyl (C=O) groups excluding carboxylic acids is 2. The summed E-state index contributed by atoms with van der Waals surface area (Å²) in [5.41, 5.74) is 1.73. The molecule has 0 spiro atoms. The molecule has 31 heavy (non-hydrogen) atoms. The van der Waals surface area contributed by atoms with Crippen molar-refractivity contribution in [2.75, 3.05) is 19.7 Å². The van der Waals surface area contributed by atoms with E-state index >= 15 is 0 Å². The predicted molar refractivity (Wildman–Crippen MR) is 121 cm³/mol. The Kier molecular flexibility index (Phi) is 6.67. The Hall–Kier alpha value is -2.71. The van der Waals surface area contributed by atoms with Crippen LogP contribution in [0.5, 0.6) is 0 Å². The molecule has 1 aromatic carbocycles. The van der Waals surface area contributed by atoms with Crippen LogP contribution in [0.1, 0.15) is 57.2 Å². The number of benzene rings is 1. The molecule has 0 radical (unpaired) electrons.